The fraction of sp³-hybridized carbons (Fsp3) is 0.357. The molecule has 0 aliphatic heterocycles. The van der Waals surface area contributed by atoms with Crippen molar-refractivity contribution in [2.75, 3.05) is 6.61 Å². The van der Waals surface area contributed by atoms with Crippen molar-refractivity contribution in [1.82, 2.24) is 0 Å². The van der Waals surface area contributed by atoms with Crippen LogP contribution in [0.5, 0.6) is 0 Å². The lowest BCUT2D eigenvalue weighted by Gasteiger charge is -2.41. The molecule has 2 atom stereocenters. The third kappa shape index (κ3) is 2.87. The molecule has 148 valence electrons. The van der Waals surface area contributed by atoms with Crippen molar-refractivity contribution in [3.05, 3.63) is 94.0 Å². The van der Waals surface area contributed by atoms with E-state index in [1.165, 1.54) is 51.8 Å². The van der Waals surface area contributed by atoms with Gasteiger partial charge in [0.1, 0.15) is 0 Å². The molecule has 1 heteroatoms. The van der Waals surface area contributed by atoms with E-state index >= 15 is 0 Å². The van der Waals surface area contributed by atoms with Crippen LogP contribution in [0.15, 0.2) is 60.7 Å². The highest BCUT2D eigenvalue weighted by Crippen LogP contribution is 2.50. The summed E-state index contributed by atoms with van der Waals surface area (Å²) >= 11 is 0. The van der Waals surface area contributed by atoms with Gasteiger partial charge in [0.05, 0.1) is 0 Å². The van der Waals surface area contributed by atoms with E-state index in [0.29, 0.717) is 5.92 Å². The number of hydrogen-bond acceptors (Lipinski definition) is 1. The van der Waals surface area contributed by atoms with Crippen molar-refractivity contribution in [3.63, 3.8) is 0 Å². The molecule has 2 unspecified atom stereocenters. The summed E-state index contributed by atoms with van der Waals surface area (Å²) in [5, 5.41) is 9.81. The minimum Gasteiger partial charge on any atom is -0.396 e. The quantitative estimate of drug-likeness (QED) is 0.561. The second-order valence-corrected chi connectivity index (χ2v) is 9.12. The van der Waals surface area contributed by atoms with Crippen LogP contribution in [0, 0.1) is 6.92 Å². The first-order chi connectivity index (χ1) is 14.1. The molecule has 2 aliphatic rings. The lowest BCUT2D eigenvalue weighted by Crippen LogP contribution is -2.31. The summed E-state index contributed by atoms with van der Waals surface area (Å²) in [6, 6.07) is 22.5. The van der Waals surface area contributed by atoms with Gasteiger partial charge in [0.15, 0.2) is 0 Å². The zero-order valence-electron chi connectivity index (χ0n) is 17.5. The van der Waals surface area contributed by atoms with E-state index in [1.54, 1.807) is 5.56 Å². The molecule has 0 saturated heterocycles. The topological polar surface area (TPSA) is 20.2 Å². The Bertz CT molecular complexity index is 1060. The van der Waals surface area contributed by atoms with Gasteiger partial charge in [-0.1, -0.05) is 67.6 Å². The first-order valence-electron chi connectivity index (χ1n) is 11.0. The number of aliphatic hydroxyl groups excluding tert-OH is 1. The smallest absolute Gasteiger partial charge is 0.0436 e. The van der Waals surface area contributed by atoms with Crippen LogP contribution in [-0.4, -0.2) is 11.7 Å². The van der Waals surface area contributed by atoms with Gasteiger partial charge in [0.2, 0.25) is 0 Å². The van der Waals surface area contributed by atoms with Crippen LogP contribution >= 0.6 is 0 Å². The van der Waals surface area contributed by atoms with Crippen LogP contribution in [0.2, 0.25) is 0 Å². The molecule has 0 bridgehead atoms. The molecule has 0 fully saturated rings. The Morgan fingerprint density at radius 1 is 0.931 bits per heavy atom. The fourth-order valence-corrected chi connectivity index (χ4v) is 6.11. The van der Waals surface area contributed by atoms with Crippen molar-refractivity contribution < 1.29 is 5.11 Å². The highest BCUT2D eigenvalue weighted by atomic mass is 16.3. The standard InChI is InChI=1S/C28H30O/c1-19-8-3-6-12-25(19)28(2)16-7-11-24-26(28)14-13-23-22-10-5-4-9-20(22)18-21(15-17-29)27(23)24/h3-6,8-10,12-14,21,29H,7,11,15-18H2,1-2H3. The Morgan fingerprint density at radius 2 is 1.72 bits per heavy atom. The van der Waals surface area contributed by atoms with Gasteiger partial charge in [0.25, 0.3) is 0 Å². The zero-order chi connectivity index (χ0) is 20.0. The molecule has 29 heavy (non-hydrogen) atoms. The summed E-state index contributed by atoms with van der Waals surface area (Å²) in [7, 11) is 0. The Hall–Kier alpha value is -2.38. The van der Waals surface area contributed by atoms with E-state index in [9.17, 15) is 5.11 Å². The van der Waals surface area contributed by atoms with Crippen molar-refractivity contribution >= 4 is 0 Å². The predicted octanol–water partition coefficient (Wildman–Crippen LogP) is 6.33. The summed E-state index contributed by atoms with van der Waals surface area (Å²) in [5.41, 5.74) is 11.7. The Kier molecular flexibility index (Phi) is 4.59. The maximum atomic E-state index is 9.81. The average molecular weight is 383 g/mol. The maximum absolute atomic E-state index is 9.81. The zero-order valence-corrected chi connectivity index (χ0v) is 17.5. The number of hydrogen-bond donors (Lipinski definition) is 1. The van der Waals surface area contributed by atoms with E-state index in [2.05, 4.69) is 74.5 Å². The molecule has 0 radical (unpaired) electrons. The van der Waals surface area contributed by atoms with Crippen molar-refractivity contribution in [3.8, 4) is 11.1 Å². The number of aryl methyl sites for hydroxylation is 1. The maximum Gasteiger partial charge on any atom is 0.0436 e. The van der Waals surface area contributed by atoms with Gasteiger partial charge >= 0.3 is 0 Å². The minimum atomic E-state index is 0.0642. The van der Waals surface area contributed by atoms with Crippen LogP contribution in [-0.2, 0) is 18.3 Å². The molecule has 3 aromatic rings. The summed E-state index contributed by atoms with van der Waals surface area (Å²) in [5.74, 6) is 0.416. The molecule has 0 aromatic heterocycles. The molecule has 1 nitrogen and oxygen atoms in total. The SMILES string of the molecule is Cc1ccccc1C1(C)CCCc2c1ccc1c2C(CCO)Cc2ccccc2-1. The minimum absolute atomic E-state index is 0.0642. The van der Waals surface area contributed by atoms with E-state index < -0.39 is 0 Å². The Morgan fingerprint density at radius 3 is 2.55 bits per heavy atom. The number of benzene rings is 3. The van der Waals surface area contributed by atoms with E-state index in [4.69, 9.17) is 0 Å². The highest BCUT2D eigenvalue weighted by molar-refractivity contribution is 5.77. The first kappa shape index (κ1) is 18.6. The molecular weight excluding hydrogens is 352 g/mol. The largest absolute Gasteiger partial charge is 0.396 e. The summed E-state index contributed by atoms with van der Waals surface area (Å²) < 4.78 is 0. The van der Waals surface area contributed by atoms with Gasteiger partial charge in [0, 0.05) is 12.0 Å². The predicted molar refractivity (Wildman–Crippen MR) is 121 cm³/mol. The third-order valence-electron chi connectivity index (χ3n) is 7.45. The Balaban J connectivity index is 1.75. The fourth-order valence-electron chi connectivity index (χ4n) is 6.11. The van der Waals surface area contributed by atoms with Gasteiger partial charge in [-0.15, -0.1) is 0 Å². The lowest BCUT2D eigenvalue weighted by atomic mass is 9.63. The van der Waals surface area contributed by atoms with Crippen LogP contribution in [0.3, 0.4) is 0 Å². The molecule has 3 aromatic carbocycles. The lowest BCUT2D eigenvalue weighted by molar-refractivity contribution is 0.274. The van der Waals surface area contributed by atoms with Crippen LogP contribution in [0.1, 0.15) is 65.5 Å². The number of rotatable bonds is 3. The van der Waals surface area contributed by atoms with Gasteiger partial charge in [-0.05, 0) is 89.5 Å². The third-order valence-corrected chi connectivity index (χ3v) is 7.45. The Labute approximate surface area is 174 Å². The van der Waals surface area contributed by atoms with Crippen molar-refractivity contribution in [2.45, 2.75) is 57.3 Å². The molecular formula is C28H30O. The van der Waals surface area contributed by atoms with Crippen LogP contribution in [0.4, 0.5) is 0 Å². The molecule has 0 saturated carbocycles. The molecule has 0 heterocycles. The monoisotopic (exact) mass is 382 g/mol. The van der Waals surface area contributed by atoms with E-state index in [0.717, 1.165) is 19.3 Å². The second kappa shape index (κ2) is 7.15. The van der Waals surface area contributed by atoms with Gasteiger partial charge in [-0.3, -0.25) is 0 Å². The van der Waals surface area contributed by atoms with E-state index in [1.807, 2.05) is 0 Å². The van der Waals surface area contributed by atoms with E-state index in [-0.39, 0.29) is 12.0 Å². The number of aliphatic hydroxyl groups is 1. The van der Waals surface area contributed by atoms with Crippen LogP contribution in [0.25, 0.3) is 11.1 Å². The molecule has 1 N–H and O–H groups in total. The van der Waals surface area contributed by atoms with Crippen molar-refractivity contribution in [2.24, 2.45) is 0 Å². The number of fused-ring (bicyclic) bond motifs is 5. The summed E-state index contributed by atoms with van der Waals surface area (Å²) in [6.07, 6.45) is 5.47. The van der Waals surface area contributed by atoms with Gasteiger partial charge in [-0.25, -0.2) is 0 Å². The first-order valence-corrected chi connectivity index (χ1v) is 11.0. The van der Waals surface area contributed by atoms with Gasteiger partial charge < -0.3 is 5.11 Å². The highest BCUT2D eigenvalue weighted by Gasteiger charge is 2.38. The second-order valence-electron chi connectivity index (χ2n) is 9.12. The molecule has 2 aliphatic carbocycles. The molecule has 0 amide bonds. The normalized spacial score (nSPS) is 22.5. The average Bonchev–Trinajstić information content (AvgIpc) is 2.74. The van der Waals surface area contributed by atoms with Crippen LogP contribution < -0.4 is 0 Å². The van der Waals surface area contributed by atoms with Gasteiger partial charge in [-0.2, -0.15) is 0 Å². The summed E-state index contributed by atoms with van der Waals surface area (Å²) in [4.78, 5) is 0. The molecule has 0 spiro atoms. The molecule has 5 rings (SSSR count). The van der Waals surface area contributed by atoms with Crippen molar-refractivity contribution in [1.29, 1.82) is 0 Å². The summed E-state index contributed by atoms with van der Waals surface area (Å²) in [6.45, 7) is 4.95.